The Morgan fingerprint density at radius 1 is 0.805 bits per heavy atom. The van der Waals surface area contributed by atoms with Gasteiger partial charge in [-0.05, 0) is 6.92 Å². The van der Waals surface area contributed by atoms with Gasteiger partial charge in [0, 0.05) is 70.0 Å². The topological polar surface area (TPSA) is 220 Å². The fourth-order valence-electron chi connectivity index (χ4n) is 4.26. The van der Waals surface area contributed by atoms with E-state index in [-0.39, 0.29) is 125 Å². The van der Waals surface area contributed by atoms with Gasteiger partial charge in [-0.1, -0.05) is 0 Å². The van der Waals surface area contributed by atoms with Crippen LogP contribution in [-0.2, 0) is 38.4 Å². The number of hydroxylamine groups is 2. The van der Waals surface area contributed by atoms with Crippen LogP contribution < -0.4 is 5.32 Å². The number of amides is 3. The van der Waals surface area contributed by atoms with E-state index in [9.17, 15) is 43.8 Å². The van der Waals surface area contributed by atoms with E-state index in [1.54, 1.807) is 26.5 Å². The number of carbonyl (C=O) groups excluding carboxylic acids is 5. The summed E-state index contributed by atoms with van der Waals surface area (Å²) in [5.74, 6) is -5.80. The average Bonchev–Trinajstić information content (AvgIpc) is 3.18. The second-order valence-corrected chi connectivity index (χ2v) is 9.51. The van der Waals surface area contributed by atoms with E-state index in [1.165, 1.54) is 0 Å². The number of nitrogens with one attached hydrogen (secondary N) is 1. The van der Waals surface area contributed by atoms with E-state index in [2.05, 4.69) is 5.32 Å². The Morgan fingerprint density at radius 2 is 1.22 bits per heavy atom. The third kappa shape index (κ3) is 13.5. The summed E-state index contributed by atoms with van der Waals surface area (Å²) >= 11 is 0. The third-order valence-corrected chi connectivity index (χ3v) is 6.49. The summed E-state index contributed by atoms with van der Waals surface area (Å²) in [4.78, 5) is 93.8. The quantitative estimate of drug-likeness (QED) is 0.136. The summed E-state index contributed by atoms with van der Waals surface area (Å²) in [7, 11) is 0. The van der Waals surface area contributed by atoms with Gasteiger partial charge in [0.2, 0.25) is 5.91 Å². The summed E-state index contributed by atoms with van der Waals surface area (Å²) in [5, 5.41) is 28.7. The largest absolute Gasteiger partial charge is 3.00 e. The molecule has 2 aliphatic rings. The molecular formula is C23H37GdN6O11+4. The number of imide groups is 1. The molecule has 2 rings (SSSR count). The number of rotatable bonds is 11. The zero-order valence-electron chi connectivity index (χ0n) is 22.7. The number of hydrogen-bond acceptors (Lipinski definition) is 12. The van der Waals surface area contributed by atoms with Crippen molar-refractivity contribution in [1.29, 1.82) is 0 Å². The van der Waals surface area contributed by atoms with E-state index >= 15 is 0 Å². The van der Waals surface area contributed by atoms with E-state index in [4.69, 9.17) is 9.94 Å². The summed E-state index contributed by atoms with van der Waals surface area (Å²) < 4.78 is 0. The molecule has 5 N–H and O–H groups in total. The van der Waals surface area contributed by atoms with Crippen LogP contribution in [0.2, 0.25) is 0 Å². The number of nitrogens with zero attached hydrogens (tertiary/aromatic N) is 5. The standard InChI is InChI=1S/C23H36N6O11.Gd/c1-16(23(39)24-12-22(38)40-29-17(30)2-3-18(29)31)28-10-8-26(14-20(34)35)6-4-25(13-19(32)33)5-7-27(9-11-28)15-21(36)37;/h16H,2-15H2,1H3,(H,24,39)(H,32,33)(H,34,35)(H,36,37);/q;+3/p+1. The second kappa shape index (κ2) is 18.2. The van der Waals surface area contributed by atoms with E-state index in [0.29, 0.717) is 5.06 Å². The molecule has 0 aromatic rings. The van der Waals surface area contributed by atoms with Crippen molar-refractivity contribution in [1.82, 2.24) is 30.0 Å². The molecular weight excluding hydrogens is 694 g/mol. The van der Waals surface area contributed by atoms with Crippen LogP contribution in [0.3, 0.4) is 0 Å². The molecule has 0 aromatic heterocycles. The number of carbonyl (C=O) groups is 7. The van der Waals surface area contributed by atoms with Gasteiger partial charge >= 0.3 is 63.8 Å². The van der Waals surface area contributed by atoms with Crippen LogP contribution in [0.4, 0.5) is 0 Å². The Balaban J connectivity index is 0.00000840. The zero-order valence-corrected chi connectivity index (χ0v) is 25.0. The zero-order chi connectivity index (χ0) is 29.8. The van der Waals surface area contributed by atoms with Gasteiger partial charge in [-0.3, -0.25) is 43.6 Å². The van der Waals surface area contributed by atoms with Crippen LogP contribution in [0.1, 0.15) is 19.8 Å². The Hall–Kier alpha value is -2.35. The first kappa shape index (κ1) is 36.7. The molecule has 0 aromatic carbocycles. The number of aliphatic carboxylic acids is 2. The Kier molecular flexibility index (Phi) is 16.3. The molecule has 2 fully saturated rings. The minimum Gasteiger partial charge on any atom is -0.564 e. The summed E-state index contributed by atoms with van der Waals surface area (Å²) in [6, 6.07) is -0.811. The van der Waals surface area contributed by atoms with Crippen LogP contribution >= 0.6 is 0 Å². The number of carboxylic acids is 2. The predicted octanol–water partition coefficient (Wildman–Crippen LogP) is -4.26. The van der Waals surface area contributed by atoms with Gasteiger partial charge < -0.3 is 25.5 Å². The number of carboxylic acid groups (broad SMARTS) is 2. The third-order valence-electron chi connectivity index (χ3n) is 6.49. The Labute approximate surface area is 268 Å². The SMILES string of the molecule is CC(C(=O)NCC(=O)ON1C(=O)CCC1=O)N1CCN(CC(=O)O)CCN(CC(=O)O)CCN(CC(=O)[OH2+])CC1.[Gd+3]. The summed E-state index contributed by atoms with van der Waals surface area (Å²) in [5.41, 5.74) is 0. The average molecular weight is 731 g/mol. The molecule has 0 saturated carbocycles. The monoisotopic (exact) mass is 731 g/mol. The number of hydrogen-bond donors (Lipinski definition) is 3. The van der Waals surface area contributed by atoms with Crippen LogP contribution in [0, 0.1) is 39.9 Å². The molecule has 18 heteroatoms. The normalized spacial score (nSPS) is 19.4. The van der Waals surface area contributed by atoms with Gasteiger partial charge in [-0.2, -0.15) is 0 Å². The molecule has 1 radical (unpaired) electrons. The van der Waals surface area contributed by atoms with Crippen molar-refractivity contribution in [3.05, 3.63) is 0 Å². The molecule has 0 aliphatic carbocycles. The van der Waals surface area contributed by atoms with Gasteiger partial charge in [-0.25, -0.2) is 4.79 Å². The molecule has 1 atom stereocenters. The molecule has 0 bridgehead atoms. The predicted molar refractivity (Wildman–Crippen MR) is 134 cm³/mol. The van der Waals surface area contributed by atoms with Crippen molar-refractivity contribution in [2.45, 2.75) is 25.8 Å². The van der Waals surface area contributed by atoms with Crippen molar-refractivity contribution in [3.63, 3.8) is 0 Å². The molecule has 229 valence electrons. The molecule has 3 amide bonds. The molecule has 0 spiro atoms. The van der Waals surface area contributed by atoms with Crippen LogP contribution in [0.25, 0.3) is 0 Å². The van der Waals surface area contributed by atoms with Gasteiger partial charge in [-0.15, -0.1) is 5.06 Å². The first-order valence-corrected chi connectivity index (χ1v) is 12.8. The smallest absolute Gasteiger partial charge is 0.564 e. The van der Waals surface area contributed by atoms with Gasteiger partial charge in [0.25, 0.3) is 11.8 Å². The van der Waals surface area contributed by atoms with Crippen molar-refractivity contribution < 1.29 is 93.7 Å². The van der Waals surface area contributed by atoms with E-state index < -0.39 is 54.2 Å². The molecule has 2 aliphatic heterocycles. The first-order chi connectivity index (χ1) is 18.8. The van der Waals surface area contributed by atoms with Gasteiger partial charge in [0.1, 0.15) is 6.54 Å². The maximum absolute atomic E-state index is 12.9. The van der Waals surface area contributed by atoms with Crippen LogP contribution in [0.5, 0.6) is 0 Å². The van der Waals surface area contributed by atoms with E-state index in [0.717, 1.165) is 0 Å². The second-order valence-electron chi connectivity index (χ2n) is 9.51. The van der Waals surface area contributed by atoms with Crippen LogP contribution in [0.15, 0.2) is 0 Å². The van der Waals surface area contributed by atoms with Crippen molar-refractivity contribution >= 4 is 41.6 Å². The molecule has 2 heterocycles. The van der Waals surface area contributed by atoms with Crippen LogP contribution in [-0.4, -0.2) is 166 Å². The van der Waals surface area contributed by atoms with Crippen molar-refractivity contribution in [3.8, 4) is 0 Å². The van der Waals surface area contributed by atoms with E-state index in [1.807, 2.05) is 0 Å². The summed E-state index contributed by atoms with van der Waals surface area (Å²) in [6.07, 6.45) is -0.131. The maximum atomic E-state index is 12.9. The Morgan fingerprint density at radius 3 is 1.63 bits per heavy atom. The minimum atomic E-state index is -1.07. The minimum absolute atomic E-state index is 0. The molecule has 2 saturated heterocycles. The van der Waals surface area contributed by atoms with Gasteiger partial charge in [0.15, 0.2) is 6.54 Å². The Bertz CT molecular complexity index is 936. The summed E-state index contributed by atoms with van der Waals surface area (Å²) in [6.45, 7) is 2.19. The molecule has 17 nitrogen and oxygen atoms in total. The fraction of sp³-hybridized carbons (Fsp3) is 0.696. The maximum Gasteiger partial charge on any atom is 3.00 e. The fourth-order valence-corrected chi connectivity index (χ4v) is 4.26. The van der Waals surface area contributed by atoms with Crippen molar-refractivity contribution in [2.75, 3.05) is 78.5 Å². The van der Waals surface area contributed by atoms with Gasteiger partial charge in [0.05, 0.1) is 19.1 Å². The first-order valence-electron chi connectivity index (χ1n) is 12.8. The molecule has 1 unspecified atom stereocenters. The van der Waals surface area contributed by atoms with Crippen molar-refractivity contribution in [2.24, 2.45) is 0 Å². The molecule has 41 heavy (non-hydrogen) atoms.